The van der Waals surface area contributed by atoms with Gasteiger partial charge < -0.3 is 16.4 Å². The molecular weight excluding hydrogens is 269 g/mol. The molecule has 0 aliphatic carbocycles. The zero-order valence-corrected chi connectivity index (χ0v) is 12.0. The van der Waals surface area contributed by atoms with Crippen LogP contribution >= 0.6 is 0 Å². The fraction of sp³-hybridized carbons (Fsp3) is 0.188. The Bertz CT molecular complexity index is 650. The Balaban J connectivity index is 2.38. The summed E-state index contributed by atoms with van der Waals surface area (Å²) in [5, 5.41) is 5.79. The van der Waals surface area contributed by atoms with Gasteiger partial charge in [0, 0.05) is 17.9 Å². The number of hydrogen-bond acceptors (Lipinski definition) is 3. The molecule has 4 nitrogen and oxygen atoms in total. The second-order valence-electron chi connectivity index (χ2n) is 4.81. The SMILES string of the molecule is CCNC(=O)c1ccc(N)cc1Nc1cc(C)cc(F)c1. The molecule has 0 atom stereocenters. The van der Waals surface area contributed by atoms with Crippen molar-refractivity contribution < 1.29 is 9.18 Å². The molecule has 0 saturated carbocycles. The molecule has 2 aromatic carbocycles. The van der Waals surface area contributed by atoms with Crippen LogP contribution in [0, 0.1) is 12.7 Å². The van der Waals surface area contributed by atoms with Crippen LogP contribution < -0.4 is 16.4 Å². The Labute approximate surface area is 123 Å². The lowest BCUT2D eigenvalue weighted by Crippen LogP contribution is -2.23. The molecule has 0 aromatic heterocycles. The van der Waals surface area contributed by atoms with Crippen LogP contribution in [0.5, 0.6) is 0 Å². The summed E-state index contributed by atoms with van der Waals surface area (Å²) in [6.45, 7) is 4.18. The average molecular weight is 287 g/mol. The number of rotatable bonds is 4. The minimum Gasteiger partial charge on any atom is -0.399 e. The minimum atomic E-state index is -0.332. The Morgan fingerprint density at radius 3 is 2.67 bits per heavy atom. The summed E-state index contributed by atoms with van der Waals surface area (Å²) < 4.78 is 13.4. The maximum Gasteiger partial charge on any atom is 0.253 e. The normalized spacial score (nSPS) is 10.2. The van der Waals surface area contributed by atoms with E-state index in [4.69, 9.17) is 5.73 Å². The van der Waals surface area contributed by atoms with Gasteiger partial charge in [-0.1, -0.05) is 0 Å². The highest BCUT2D eigenvalue weighted by Gasteiger charge is 2.11. The van der Waals surface area contributed by atoms with Crippen molar-refractivity contribution in [3.8, 4) is 0 Å². The van der Waals surface area contributed by atoms with E-state index in [-0.39, 0.29) is 11.7 Å². The van der Waals surface area contributed by atoms with Gasteiger partial charge in [-0.3, -0.25) is 4.79 Å². The van der Waals surface area contributed by atoms with Crippen molar-refractivity contribution in [2.45, 2.75) is 13.8 Å². The molecule has 0 aliphatic heterocycles. The highest BCUT2D eigenvalue weighted by atomic mass is 19.1. The lowest BCUT2D eigenvalue weighted by atomic mass is 10.1. The first-order valence-electron chi connectivity index (χ1n) is 6.71. The summed E-state index contributed by atoms with van der Waals surface area (Å²) in [5.41, 5.74) is 8.67. The largest absolute Gasteiger partial charge is 0.399 e. The maximum atomic E-state index is 13.4. The van der Waals surface area contributed by atoms with E-state index in [1.807, 2.05) is 6.92 Å². The molecule has 0 radical (unpaired) electrons. The van der Waals surface area contributed by atoms with Gasteiger partial charge in [0.1, 0.15) is 5.82 Å². The molecule has 0 aliphatic rings. The molecule has 110 valence electrons. The molecule has 2 aromatic rings. The second-order valence-corrected chi connectivity index (χ2v) is 4.81. The average Bonchev–Trinajstić information content (AvgIpc) is 2.37. The predicted molar refractivity (Wildman–Crippen MR) is 83.3 cm³/mol. The molecule has 2 rings (SSSR count). The molecule has 1 amide bonds. The van der Waals surface area contributed by atoms with Crippen molar-refractivity contribution in [3.63, 3.8) is 0 Å². The Kier molecular flexibility index (Phi) is 4.42. The van der Waals surface area contributed by atoms with E-state index in [0.717, 1.165) is 5.56 Å². The number of hydrogen-bond donors (Lipinski definition) is 3. The third kappa shape index (κ3) is 3.72. The quantitative estimate of drug-likeness (QED) is 0.756. The highest BCUT2D eigenvalue weighted by molar-refractivity contribution is 6.00. The highest BCUT2D eigenvalue weighted by Crippen LogP contribution is 2.25. The first-order chi connectivity index (χ1) is 9.99. The van der Waals surface area contributed by atoms with Gasteiger partial charge >= 0.3 is 0 Å². The van der Waals surface area contributed by atoms with Crippen LogP contribution in [0.3, 0.4) is 0 Å². The van der Waals surface area contributed by atoms with E-state index in [9.17, 15) is 9.18 Å². The molecule has 0 saturated heterocycles. The van der Waals surface area contributed by atoms with Gasteiger partial charge in [0.25, 0.3) is 5.91 Å². The molecule has 5 heteroatoms. The molecule has 0 fully saturated rings. The van der Waals surface area contributed by atoms with Crippen molar-refractivity contribution in [3.05, 3.63) is 53.3 Å². The monoisotopic (exact) mass is 287 g/mol. The summed E-state index contributed by atoms with van der Waals surface area (Å²) in [6.07, 6.45) is 0. The van der Waals surface area contributed by atoms with Gasteiger partial charge in [-0.25, -0.2) is 4.39 Å². The van der Waals surface area contributed by atoms with E-state index >= 15 is 0 Å². The van der Waals surface area contributed by atoms with E-state index in [0.29, 0.717) is 29.2 Å². The number of nitrogens with two attached hydrogens (primary N) is 1. The lowest BCUT2D eigenvalue weighted by molar-refractivity contribution is 0.0956. The van der Waals surface area contributed by atoms with Gasteiger partial charge in [0.15, 0.2) is 0 Å². The fourth-order valence-corrected chi connectivity index (χ4v) is 2.08. The van der Waals surface area contributed by atoms with E-state index < -0.39 is 0 Å². The summed E-state index contributed by atoms with van der Waals surface area (Å²) in [6, 6.07) is 9.58. The first kappa shape index (κ1) is 14.8. The Morgan fingerprint density at radius 1 is 1.24 bits per heavy atom. The Morgan fingerprint density at radius 2 is 2.00 bits per heavy atom. The van der Waals surface area contributed by atoms with Crippen molar-refractivity contribution in [1.82, 2.24) is 5.32 Å². The van der Waals surface area contributed by atoms with Gasteiger partial charge in [-0.15, -0.1) is 0 Å². The summed E-state index contributed by atoms with van der Waals surface area (Å²) in [5.74, 6) is -0.533. The molecule has 4 N–H and O–H groups in total. The smallest absolute Gasteiger partial charge is 0.253 e. The number of anilines is 3. The number of aryl methyl sites for hydroxylation is 1. The number of benzene rings is 2. The van der Waals surface area contributed by atoms with Crippen LogP contribution in [0.25, 0.3) is 0 Å². The van der Waals surface area contributed by atoms with Crippen LogP contribution in [0.1, 0.15) is 22.8 Å². The molecule has 0 bridgehead atoms. The van der Waals surface area contributed by atoms with Crippen LogP contribution in [-0.4, -0.2) is 12.5 Å². The maximum absolute atomic E-state index is 13.4. The number of carbonyl (C=O) groups is 1. The van der Waals surface area contributed by atoms with Crippen LogP contribution in [-0.2, 0) is 0 Å². The fourth-order valence-electron chi connectivity index (χ4n) is 2.08. The summed E-state index contributed by atoms with van der Waals surface area (Å²) >= 11 is 0. The molecule has 0 heterocycles. The predicted octanol–water partition coefficient (Wildman–Crippen LogP) is 3.21. The van der Waals surface area contributed by atoms with E-state index in [1.54, 1.807) is 31.2 Å². The summed E-state index contributed by atoms with van der Waals surface area (Å²) in [4.78, 5) is 12.0. The molecular formula is C16H18FN3O. The van der Waals surface area contributed by atoms with Crippen molar-refractivity contribution >= 4 is 23.0 Å². The standard InChI is InChI=1S/C16H18FN3O/c1-3-19-16(21)14-5-4-12(18)9-15(14)20-13-7-10(2)6-11(17)8-13/h4-9,20H,3,18H2,1-2H3,(H,19,21). The zero-order valence-electron chi connectivity index (χ0n) is 12.0. The van der Waals surface area contributed by atoms with Crippen LogP contribution in [0.4, 0.5) is 21.5 Å². The van der Waals surface area contributed by atoms with Gasteiger partial charge in [-0.05, 0) is 55.8 Å². The molecule has 21 heavy (non-hydrogen) atoms. The van der Waals surface area contributed by atoms with Crippen molar-refractivity contribution in [2.75, 3.05) is 17.6 Å². The van der Waals surface area contributed by atoms with Gasteiger partial charge in [0.05, 0.1) is 11.3 Å². The van der Waals surface area contributed by atoms with E-state index in [1.165, 1.54) is 12.1 Å². The number of halogens is 1. The summed E-state index contributed by atoms with van der Waals surface area (Å²) in [7, 11) is 0. The number of nitrogens with one attached hydrogen (secondary N) is 2. The number of amides is 1. The van der Waals surface area contributed by atoms with Gasteiger partial charge in [0.2, 0.25) is 0 Å². The molecule has 0 unspecified atom stereocenters. The Hall–Kier alpha value is -2.56. The first-order valence-corrected chi connectivity index (χ1v) is 6.71. The van der Waals surface area contributed by atoms with E-state index in [2.05, 4.69) is 10.6 Å². The zero-order chi connectivity index (χ0) is 15.4. The molecule has 0 spiro atoms. The number of carbonyl (C=O) groups excluding carboxylic acids is 1. The lowest BCUT2D eigenvalue weighted by Gasteiger charge is -2.13. The van der Waals surface area contributed by atoms with Crippen molar-refractivity contribution in [2.24, 2.45) is 0 Å². The third-order valence-corrected chi connectivity index (χ3v) is 2.95. The third-order valence-electron chi connectivity index (χ3n) is 2.95. The number of nitrogen functional groups attached to an aromatic ring is 1. The van der Waals surface area contributed by atoms with Crippen molar-refractivity contribution in [1.29, 1.82) is 0 Å². The van der Waals surface area contributed by atoms with Crippen LogP contribution in [0.15, 0.2) is 36.4 Å². The van der Waals surface area contributed by atoms with Crippen LogP contribution in [0.2, 0.25) is 0 Å². The van der Waals surface area contributed by atoms with Gasteiger partial charge in [-0.2, -0.15) is 0 Å². The second kappa shape index (κ2) is 6.26. The minimum absolute atomic E-state index is 0.201. The topological polar surface area (TPSA) is 67.2 Å².